The second-order valence-electron chi connectivity index (χ2n) is 10.7. The van der Waals surface area contributed by atoms with Crippen molar-refractivity contribution in [2.24, 2.45) is 17.8 Å². The molecule has 7 nitrogen and oxygen atoms in total. The first kappa shape index (κ1) is 26.3. The number of amides is 4. The van der Waals surface area contributed by atoms with E-state index in [-0.39, 0.29) is 18.4 Å². The van der Waals surface area contributed by atoms with Crippen molar-refractivity contribution >= 4 is 64.1 Å². The van der Waals surface area contributed by atoms with Crippen LogP contribution in [0.2, 0.25) is 5.02 Å². The first-order chi connectivity index (χ1) is 18.3. The van der Waals surface area contributed by atoms with E-state index in [9.17, 15) is 28.7 Å². The Morgan fingerprint density at radius 2 is 1.72 bits per heavy atom. The zero-order chi connectivity index (χ0) is 28.2. The lowest BCUT2D eigenvalue weighted by molar-refractivity contribution is -0.138. The summed E-state index contributed by atoms with van der Waals surface area (Å²) in [6, 6.07) is 8.52. The number of nitrogens with zero attached hydrogens (tertiary/aromatic N) is 2. The molecule has 2 aromatic carbocycles. The monoisotopic (exact) mass is 590 g/mol. The Labute approximate surface area is 238 Å². The molecule has 0 radical (unpaired) electrons. The molecule has 39 heavy (non-hydrogen) atoms. The first-order valence-electron chi connectivity index (χ1n) is 12.4. The number of carbonyl (C=O) groups excluding carboxylic acids is 4. The minimum absolute atomic E-state index is 0.168. The van der Waals surface area contributed by atoms with Crippen molar-refractivity contribution in [2.45, 2.75) is 35.4 Å². The fourth-order valence-electron chi connectivity index (χ4n) is 6.80. The van der Waals surface area contributed by atoms with Gasteiger partial charge < -0.3 is 5.11 Å². The predicted octanol–water partition coefficient (Wildman–Crippen LogP) is 4.69. The van der Waals surface area contributed by atoms with Crippen LogP contribution in [0.4, 0.5) is 10.1 Å². The van der Waals surface area contributed by atoms with Gasteiger partial charge in [-0.05, 0) is 61.1 Å². The molecule has 6 atom stereocenters. The van der Waals surface area contributed by atoms with E-state index < -0.39 is 68.6 Å². The molecular weight excluding hydrogens is 570 g/mol. The van der Waals surface area contributed by atoms with Gasteiger partial charge in [-0.25, -0.2) is 9.29 Å². The van der Waals surface area contributed by atoms with Crippen molar-refractivity contribution < 1.29 is 28.7 Å². The zero-order valence-corrected chi connectivity index (χ0v) is 23.0. The van der Waals surface area contributed by atoms with Gasteiger partial charge in [0, 0.05) is 18.0 Å². The SMILES string of the molecule is Cc1ccc(N2C(=O)[C@H]3[C@H](CC=C4[C@H]3C[C@@]3(Cl)C(=O)N(C)C(=O)[C@@]3(Cl)[C@H]4c3ccc(O)c(F)c3)C2=O)cc1Cl. The van der Waals surface area contributed by atoms with Crippen molar-refractivity contribution in [3.63, 3.8) is 0 Å². The largest absolute Gasteiger partial charge is 0.505 e. The van der Waals surface area contributed by atoms with Crippen LogP contribution in [-0.2, 0) is 19.2 Å². The molecule has 11 heteroatoms. The molecule has 4 aliphatic rings. The summed E-state index contributed by atoms with van der Waals surface area (Å²) in [5.74, 6) is -7.32. The highest BCUT2D eigenvalue weighted by Gasteiger charge is 2.75. The number of rotatable bonds is 2. The van der Waals surface area contributed by atoms with Crippen LogP contribution in [0.15, 0.2) is 48.0 Å². The highest BCUT2D eigenvalue weighted by molar-refractivity contribution is 6.53. The fraction of sp³-hybridized carbons (Fsp3) is 0.357. The first-order valence-corrected chi connectivity index (χ1v) is 13.5. The van der Waals surface area contributed by atoms with Crippen LogP contribution >= 0.6 is 34.8 Å². The number of benzene rings is 2. The van der Waals surface area contributed by atoms with Crippen LogP contribution in [0, 0.1) is 30.5 Å². The number of alkyl halides is 2. The van der Waals surface area contributed by atoms with Gasteiger partial charge in [0.1, 0.15) is 0 Å². The van der Waals surface area contributed by atoms with Crippen molar-refractivity contribution in [3.8, 4) is 5.75 Å². The van der Waals surface area contributed by atoms with Crippen LogP contribution in [0.1, 0.15) is 29.9 Å². The Morgan fingerprint density at radius 3 is 2.38 bits per heavy atom. The maximum Gasteiger partial charge on any atom is 0.253 e. The standard InChI is InChI=1S/C28H22Cl3FN2O5/c1-12-3-5-14(10-18(12)29)34-23(36)16-7-6-15-17(21(16)24(34)37)11-27(30)25(38)33(2)26(39)28(27,31)22(15)13-4-8-20(35)19(32)9-13/h3-6,8-10,16-17,21-22,35H,7,11H2,1-2H3/t16-,17+,21-,22-,27+,28-/m0/s1. The topological polar surface area (TPSA) is 95.0 Å². The minimum Gasteiger partial charge on any atom is -0.505 e. The third-order valence-corrected chi connectivity index (χ3v) is 10.6. The summed E-state index contributed by atoms with van der Waals surface area (Å²) >= 11 is 20.4. The number of fused-ring (bicyclic) bond motifs is 4. The maximum absolute atomic E-state index is 14.6. The Bertz CT molecular complexity index is 1550. The molecule has 6 rings (SSSR count). The van der Waals surface area contributed by atoms with Gasteiger partial charge in [0.05, 0.1) is 17.5 Å². The molecule has 0 aromatic heterocycles. The van der Waals surface area contributed by atoms with Crippen molar-refractivity contribution in [3.05, 3.63) is 70.0 Å². The third kappa shape index (κ3) is 3.28. The van der Waals surface area contributed by atoms with E-state index in [1.807, 2.05) is 0 Å². The van der Waals surface area contributed by atoms with Crippen LogP contribution in [0.3, 0.4) is 0 Å². The number of carbonyl (C=O) groups is 4. The highest BCUT2D eigenvalue weighted by Crippen LogP contribution is 2.65. The van der Waals surface area contributed by atoms with Gasteiger partial charge in [-0.1, -0.05) is 35.4 Å². The molecule has 202 valence electrons. The number of phenols is 1. The molecule has 2 aromatic rings. The van der Waals surface area contributed by atoms with E-state index in [0.717, 1.165) is 27.5 Å². The summed E-state index contributed by atoms with van der Waals surface area (Å²) in [6.45, 7) is 1.80. The second kappa shape index (κ2) is 8.53. The predicted molar refractivity (Wildman–Crippen MR) is 142 cm³/mol. The number of halogens is 4. The third-order valence-electron chi connectivity index (χ3n) is 8.73. The van der Waals surface area contributed by atoms with Crippen LogP contribution in [0.5, 0.6) is 5.75 Å². The van der Waals surface area contributed by atoms with Gasteiger partial charge in [-0.15, -0.1) is 23.2 Å². The van der Waals surface area contributed by atoms with Gasteiger partial charge in [-0.3, -0.25) is 24.1 Å². The zero-order valence-electron chi connectivity index (χ0n) is 20.8. The summed E-state index contributed by atoms with van der Waals surface area (Å²) in [6.07, 6.45) is 1.77. The number of hydrogen-bond donors (Lipinski definition) is 1. The second-order valence-corrected chi connectivity index (χ2v) is 12.3. The normalized spacial score (nSPS) is 33.7. The van der Waals surface area contributed by atoms with Crippen molar-refractivity contribution in [1.82, 2.24) is 4.90 Å². The number of aryl methyl sites for hydroxylation is 1. The Morgan fingerprint density at radius 1 is 1.00 bits per heavy atom. The number of hydrogen-bond acceptors (Lipinski definition) is 5. The molecule has 2 aliphatic heterocycles. The molecule has 4 amide bonds. The maximum atomic E-state index is 14.6. The summed E-state index contributed by atoms with van der Waals surface area (Å²) in [7, 11) is 1.28. The summed E-state index contributed by atoms with van der Waals surface area (Å²) < 4.78 is 14.6. The summed E-state index contributed by atoms with van der Waals surface area (Å²) in [5.41, 5.74) is 1.88. The number of phenolic OH excluding ortho intramolecular Hbond substituents is 1. The van der Waals surface area contributed by atoms with Crippen molar-refractivity contribution in [1.29, 1.82) is 0 Å². The van der Waals surface area contributed by atoms with Gasteiger partial charge in [-0.2, -0.15) is 0 Å². The number of allylic oxidation sites excluding steroid dienone is 2. The number of imide groups is 2. The molecule has 2 heterocycles. The Hall–Kier alpha value is -2.94. The number of anilines is 1. The molecule has 1 N–H and O–H groups in total. The van der Waals surface area contributed by atoms with Gasteiger partial charge in [0.15, 0.2) is 21.3 Å². The average Bonchev–Trinajstić information content (AvgIpc) is 3.22. The quantitative estimate of drug-likeness (QED) is 0.311. The van der Waals surface area contributed by atoms with E-state index in [1.54, 1.807) is 31.2 Å². The lowest BCUT2D eigenvalue weighted by Crippen LogP contribution is -2.60. The minimum atomic E-state index is -2.02. The van der Waals surface area contributed by atoms with E-state index in [1.165, 1.54) is 13.1 Å². The number of aromatic hydroxyl groups is 1. The van der Waals surface area contributed by atoms with Gasteiger partial charge in [0.2, 0.25) is 11.8 Å². The smallest absolute Gasteiger partial charge is 0.253 e. The molecule has 2 saturated heterocycles. The van der Waals surface area contributed by atoms with Gasteiger partial charge in [0.25, 0.3) is 11.8 Å². The van der Waals surface area contributed by atoms with Crippen LogP contribution in [-0.4, -0.2) is 50.4 Å². The molecule has 3 fully saturated rings. The van der Waals surface area contributed by atoms with E-state index in [0.29, 0.717) is 16.3 Å². The Balaban J connectivity index is 1.51. The lowest BCUT2D eigenvalue weighted by Gasteiger charge is -2.50. The molecule has 2 aliphatic carbocycles. The van der Waals surface area contributed by atoms with Crippen LogP contribution in [0.25, 0.3) is 0 Å². The highest BCUT2D eigenvalue weighted by atomic mass is 35.5. The lowest BCUT2D eigenvalue weighted by atomic mass is 9.56. The molecule has 1 saturated carbocycles. The average molecular weight is 592 g/mol. The van der Waals surface area contributed by atoms with Gasteiger partial charge >= 0.3 is 0 Å². The van der Waals surface area contributed by atoms with E-state index >= 15 is 0 Å². The summed E-state index contributed by atoms with van der Waals surface area (Å²) in [5, 5.41) is 10.2. The Kier molecular flexibility index (Phi) is 5.75. The molecule has 0 unspecified atom stereocenters. The summed E-state index contributed by atoms with van der Waals surface area (Å²) in [4.78, 5) is 52.4. The van der Waals surface area contributed by atoms with E-state index in [2.05, 4.69) is 0 Å². The van der Waals surface area contributed by atoms with Crippen LogP contribution < -0.4 is 4.90 Å². The number of likely N-dealkylation sites (tertiary alicyclic amines) is 1. The fourth-order valence-corrected chi connectivity index (χ4v) is 7.99. The van der Waals surface area contributed by atoms with Crippen molar-refractivity contribution in [2.75, 3.05) is 11.9 Å². The molecule has 0 bridgehead atoms. The van der Waals surface area contributed by atoms with E-state index in [4.69, 9.17) is 34.8 Å². The molecular formula is C28H22Cl3FN2O5. The molecule has 0 spiro atoms.